The summed E-state index contributed by atoms with van der Waals surface area (Å²) in [5, 5.41) is 0. The Bertz CT molecular complexity index is 138. The molecule has 0 N–H and O–H groups in total. The van der Waals surface area contributed by atoms with Crippen molar-refractivity contribution in [2.75, 3.05) is 13.7 Å². The first-order chi connectivity index (χ1) is 6.27. The zero-order valence-electron chi connectivity index (χ0n) is 8.79. The molecule has 13 heavy (non-hydrogen) atoms. The first-order valence-electron chi connectivity index (χ1n) is 5.07. The summed E-state index contributed by atoms with van der Waals surface area (Å²) in [5.41, 5.74) is 0. The van der Waals surface area contributed by atoms with E-state index in [9.17, 15) is 0 Å². The number of methoxy groups -OCH3 is 1. The fraction of sp³-hybridized carbons (Fsp3) is 1.00. The summed E-state index contributed by atoms with van der Waals surface area (Å²) in [6, 6.07) is 0. The van der Waals surface area contributed by atoms with Gasteiger partial charge in [-0.15, -0.1) is 0 Å². The number of hydrogen-bond acceptors (Lipinski definition) is 3. The van der Waals surface area contributed by atoms with Gasteiger partial charge in [-0.1, -0.05) is 26.7 Å². The van der Waals surface area contributed by atoms with Crippen LogP contribution in [0.4, 0.5) is 0 Å². The Morgan fingerprint density at radius 3 is 2.85 bits per heavy atom. The molecule has 0 amide bonds. The second-order valence-corrected chi connectivity index (χ2v) is 3.62. The van der Waals surface area contributed by atoms with E-state index in [0.717, 1.165) is 6.42 Å². The fourth-order valence-electron chi connectivity index (χ4n) is 1.49. The van der Waals surface area contributed by atoms with Crippen molar-refractivity contribution in [3.8, 4) is 0 Å². The zero-order chi connectivity index (χ0) is 9.68. The molecule has 0 bridgehead atoms. The lowest BCUT2D eigenvalue weighted by molar-refractivity contribution is -0.149. The minimum atomic E-state index is -0.158. The number of hydrogen-bond donors (Lipinski definition) is 0. The monoisotopic (exact) mass is 188 g/mol. The summed E-state index contributed by atoms with van der Waals surface area (Å²) in [4.78, 5) is 0. The first kappa shape index (κ1) is 11.0. The molecule has 3 atom stereocenters. The van der Waals surface area contributed by atoms with Crippen LogP contribution in [0.2, 0.25) is 0 Å². The van der Waals surface area contributed by atoms with Crippen LogP contribution in [0, 0.1) is 5.92 Å². The van der Waals surface area contributed by atoms with Gasteiger partial charge >= 0.3 is 0 Å². The molecule has 0 aromatic carbocycles. The third-order valence-corrected chi connectivity index (χ3v) is 2.42. The molecule has 1 aliphatic heterocycles. The molecule has 0 radical (unpaired) electrons. The van der Waals surface area contributed by atoms with Crippen molar-refractivity contribution in [3.05, 3.63) is 0 Å². The maximum absolute atomic E-state index is 5.52. The van der Waals surface area contributed by atoms with E-state index in [4.69, 9.17) is 14.2 Å². The maximum atomic E-state index is 5.52. The van der Waals surface area contributed by atoms with Crippen LogP contribution in [0.5, 0.6) is 0 Å². The Morgan fingerprint density at radius 2 is 2.31 bits per heavy atom. The average Bonchev–Trinajstić information content (AvgIpc) is 2.62. The third kappa shape index (κ3) is 3.25. The molecule has 0 spiro atoms. The molecule has 3 heteroatoms. The van der Waals surface area contributed by atoms with Crippen molar-refractivity contribution in [1.82, 2.24) is 0 Å². The number of unbranched alkanes of at least 4 members (excludes halogenated alkanes) is 1. The molecule has 1 saturated heterocycles. The summed E-state index contributed by atoms with van der Waals surface area (Å²) in [6.45, 7) is 4.93. The van der Waals surface area contributed by atoms with Gasteiger partial charge in [0.25, 0.3) is 0 Å². The molecular formula is C10H20O3. The topological polar surface area (TPSA) is 27.7 Å². The van der Waals surface area contributed by atoms with Gasteiger partial charge < -0.3 is 14.2 Å². The summed E-state index contributed by atoms with van der Waals surface area (Å²) in [7, 11) is 1.65. The molecule has 1 heterocycles. The van der Waals surface area contributed by atoms with Crippen LogP contribution >= 0.6 is 0 Å². The zero-order valence-corrected chi connectivity index (χ0v) is 8.79. The van der Waals surface area contributed by atoms with Gasteiger partial charge in [0.2, 0.25) is 0 Å². The normalized spacial score (nSPS) is 30.7. The van der Waals surface area contributed by atoms with Gasteiger partial charge in [-0.05, 0) is 6.42 Å². The van der Waals surface area contributed by atoms with E-state index >= 15 is 0 Å². The molecule has 1 fully saturated rings. The molecule has 3 unspecified atom stereocenters. The van der Waals surface area contributed by atoms with Crippen LogP contribution in [-0.4, -0.2) is 26.3 Å². The van der Waals surface area contributed by atoms with Crippen LogP contribution in [0.25, 0.3) is 0 Å². The highest BCUT2D eigenvalue weighted by Gasteiger charge is 2.29. The molecule has 0 aromatic heterocycles. The SMILES string of the molecule is CCCCC(C)C1OCC(OC)O1. The standard InChI is InChI=1S/C10H20O3/c1-4-5-6-8(2)10-12-7-9(11-3)13-10/h8-10H,4-7H2,1-3H3. The molecule has 0 aliphatic carbocycles. The van der Waals surface area contributed by atoms with Gasteiger partial charge in [-0.25, -0.2) is 0 Å². The van der Waals surface area contributed by atoms with E-state index in [2.05, 4.69) is 13.8 Å². The van der Waals surface area contributed by atoms with E-state index in [1.54, 1.807) is 7.11 Å². The van der Waals surface area contributed by atoms with Crippen LogP contribution in [0.1, 0.15) is 33.1 Å². The minimum absolute atomic E-state index is 0.0588. The Labute approximate surface area is 80.4 Å². The molecule has 78 valence electrons. The van der Waals surface area contributed by atoms with Crippen LogP contribution < -0.4 is 0 Å². The Balaban J connectivity index is 2.20. The summed E-state index contributed by atoms with van der Waals surface area (Å²) in [6.07, 6.45) is 3.41. The highest BCUT2D eigenvalue weighted by atomic mass is 16.8. The van der Waals surface area contributed by atoms with Gasteiger partial charge in [0, 0.05) is 13.0 Å². The maximum Gasteiger partial charge on any atom is 0.183 e. The van der Waals surface area contributed by atoms with Crippen molar-refractivity contribution >= 4 is 0 Å². The molecular weight excluding hydrogens is 168 g/mol. The third-order valence-electron chi connectivity index (χ3n) is 2.42. The van der Waals surface area contributed by atoms with Crippen molar-refractivity contribution in [3.63, 3.8) is 0 Å². The van der Waals surface area contributed by atoms with Crippen LogP contribution in [0.3, 0.4) is 0 Å². The number of rotatable bonds is 5. The summed E-state index contributed by atoms with van der Waals surface area (Å²) < 4.78 is 16.0. The van der Waals surface area contributed by atoms with Gasteiger partial charge in [0.05, 0.1) is 0 Å². The first-order valence-corrected chi connectivity index (χ1v) is 5.07. The minimum Gasteiger partial charge on any atom is -0.353 e. The van der Waals surface area contributed by atoms with Crippen LogP contribution in [0.15, 0.2) is 0 Å². The molecule has 1 rings (SSSR count). The summed E-state index contributed by atoms with van der Waals surface area (Å²) >= 11 is 0. The van der Waals surface area contributed by atoms with Gasteiger partial charge in [-0.3, -0.25) is 0 Å². The van der Waals surface area contributed by atoms with Crippen LogP contribution in [-0.2, 0) is 14.2 Å². The van der Waals surface area contributed by atoms with E-state index in [0.29, 0.717) is 12.5 Å². The van der Waals surface area contributed by atoms with E-state index in [-0.39, 0.29) is 12.6 Å². The lowest BCUT2D eigenvalue weighted by atomic mass is 10.0. The van der Waals surface area contributed by atoms with Crippen molar-refractivity contribution in [1.29, 1.82) is 0 Å². The largest absolute Gasteiger partial charge is 0.353 e. The lowest BCUT2D eigenvalue weighted by Gasteiger charge is -2.17. The highest BCUT2D eigenvalue weighted by molar-refractivity contribution is 4.63. The second kappa shape index (κ2) is 5.58. The highest BCUT2D eigenvalue weighted by Crippen LogP contribution is 2.22. The molecule has 3 nitrogen and oxygen atoms in total. The van der Waals surface area contributed by atoms with Crippen molar-refractivity contribution < 1.29 is 14.2 Å². The van der Waals surface area contributed by atoms with Gasteiger partial charge in [-0.2, -0.15) is 0 Å². The van der Waals surface area contributed by atoms with E-state index in [1.165, 1.54) is 12.8 Å². The Morgan fingerprint density at radius 1 is 1.54 bits per heavy atom. The smallest absolute Gasteiger partial charge is 0.183 e. The van der Waals surface area contributed by atoms with Gasteiger partial charge in [0.15, 0.2) is 12.6 Å². The Kier molecular flexibility index (Phi) is 4.70. The quantitative estimate of drug-likeness (QED) is 0.661. The van der Waals surface area contributed by atoms with E-state index < -0.39 is 0 Å². The average molecular weight is 188 g/mol. The summed E-state index contributed by atoms with van der Waals surface area (Å²) in [5.74, 6) is 0.472. The Hall–Kier alpha value is -0.120. The van der Waals surface area contributed by atoms with E-state index in [1.807, 2.05) is 0 Å². The molecule has 0 saturated carbocycles. The van der Waals surface area contributed by atoms with Crippen molar-refractivity contribution in [2.45, 2.75) is 45.7 Å². The van der Waals surface area contributed by atoms with Crippen molar-refractivity contribution in [2.24, 2.45) is 5.92 Å². The lowest BCUT2D eigenvalue weighted by Crippen LogP contribution is -2.20. The molecule has 0 aromatic rings. The molecule has 1 aliphatic rings. The predicted octanol–water partition coefficient (Wildman–Crippen LogP) is 2.16. The van der Waals surface area contributed by atoms with Gasteiger partial charge in [0.1, 0.15) is 6.61 Å². The second-order valence-electron chi connectivity index (χ2n) is 3.62. The fourth-order valence-corrected chi connectivity index (χ4v) is 1.49. The number of ether oxygens (including phenoxy) is 3. The predicted molar refractivity (Wildman–Crippen MR) is 50.3 cm³/mol.